The van der Waals surface area contributed by atoms with Gasteiger partial charge in [0.2, 0.25) is 0 Å². The van der Waals surface area contributed by atoms with Gasteiger partial charge in [-0.1, -0.05) is 140 Å². The Labute approximate surface area is 319 Å². The van der Waals surface area contributed by atoms with Crippen LogP contribution in [0.25, 0.3) is 77.2 Å². The van der Waals surface area contributed by atoms with E-state index in [2.05, 4.69) is 209 Å². The molecule has 0 aliphatic heterocycles. The summed E-state index contributed by atoms with van der Waals surface area (Å²) in [5, 5.41) is 5.06. The molecule has 9 aromatic rings. The highest BCUT2D eigenvalue weighted by Gasteiger charge is 2.83. The Morgan fingerprint density at radius 3 is 1.56 bits per heavy atom. The summed E-state index contributed by atoms with van der Waals surface area (Å²) in [7, 11) is 0. The van der Waals surface area contributed by atoms with Crippen LogP contribution in [0.5, 0.6) is 0 Å². The molecule has 4 aliphatic rings. The molecular weight excluding hydrogens is 665 g/mol. The molecule has 2 heteroatoms. The second kappa shape index (κ2) is 10.5. The van der Waals surface area contributed by atoms with Crippen molar-refractivity contribution in [3.63, 3.8) is 0 Å². The van der Waals surface area contributed by atoms with Crippen LogP contribution < -0.4 is 0 Å². The van der Waals surface area contributed by atoms with Crippen molar-refractivity contribution in [1.29, 1.82) is 0 Å². The molecule has 258 valence electrons. The van der Waals surface area contributed by atoms with Crippen LogP contribution in [0.1, 0.15) is 5.56 Å². The van der Waals surface area contributed by atoms with Crippen molar-refractivity contribution in [2.45, 2.75) is 5.41 Å². The van der Waals surface area contributed by atoms with Crippen LogP contribution in [-0.2, 0) is 5.41 Å². The minimum Gasteiger partial charge on any atom is -0.309 e. The molecule has 2 heterocycles. The lowest BCUT2D eigenvalue weighted by molar-refractivity contribution is 0.558. The van der Waals surface area contributed by atoms with Crippen molar-refractivity contribution in [2.75, 3.05) is 0 Å². The molecule has 0 radical (unpaired) electrons. The summed E-state index contributed by atoms with van der Waals surface area (Å²) >= 11 is 0. The second-order valence-corrected chi connectivity index (χ2v) is 16.2. The Kier molecular flexibility index (Phi) is 5.70. The van der Waals surface area contributed by atoms with Crippen molar-refractivity contribution < 1.29 is 0 Å². The van der Waals surface area contributed by atoms with Gasteiger partial charge in [-0.2, -0.15) is 0 Å². The highest BCUT2D eigenvalue weighted by molar-refractivity contribution is 6.12. The minimum atomic E-state index is -0.145. The number of rotatable bonds is 5. The minimum absolute atomic E-state index is 0.145. The van der Waals surface area contributed by atoms with E-state index < -0.39 is 0 Å². The van der Waals surface area contributed by atoms with E-state index in [0.717, 1.165) is 17.8 Å². The molecule has 2 fully saturated rings. The molecule has 2 saturated carbocycles. The first-order chi connectivity index (χ1) is 27.2. The van der Waals surface area contributed by atoms with Gasteiger partial charge in [-0.25, -0.2) is 0 Å². The fraction of sp³-hybridized carbons (Fsp3) is 0.0943. The highest BCUT2D eigenvalue weighted by atomic mass is 15.0. The van der Waals surface area contributed by atoms with Crippen molar-refractivity contribution >= 4 is 43.6 Å². The summed E-state index contributed by atoms with van der Waals surface area (Å²) in [4.78, 5) is 0. The molecule has 2 nitrogen and oxygen atoms in total. The molecule has 13 rings (SSSR count). The van der Waals surface area contributed by atoms with Gasteiger partial charge in [0.25, 0.3) is 0 Å². The van der Waals surface area contributed by atoms with Gasteiger partial charge in [-0.3, -0.25) is 0 Å². The predicted molar refractivity (Wildman–Crippen MR) is 228 cm³/mol. The van der Waals surface area contributed by atoms with E-state index in [1.807, 2.05) is 0 Å². The first kappa shape index (κ1) is 29.8. The van der Waals surface area contributed by atoms with Crippen LogP contribution in [0.15, 0.2) is 200 Å². The second-order valence-electron chi connectivity index (χ2n) is 16.2. The highest BCUT2D eigenvalue weighted by Crippen LogP contribution is 2.87. The summed E-state index contributed by atoms with van der Waals surface area (Å²) in [6.45, 7) is 0. The number of hydrogen-bond acceptors (Lipinski definition) is 0. The molecule has 4 aliphatic carbocycles. The Morgan fingerprint density at radius 2 is 0.909 bits per heavy atom. The van der Waals surface area contributed by atoms with Gasteiger partial charge in [0.05, 0.1) is 22.1 Å². The standard InChI is InChI=1S/C53H36N2/c1-2-9-34(10-3-1)35-11-8-12-40(31-35)55-48-16-7-5-14-42(48)44-33-37(18-24-50(44)55)36-17-23-49-43(32-36)41-13-4-6-15-47(41)54(49)39-21-19-38(20-22-39)52-27-25-45-51-46(26-28-52)53(45,51)30-29-52/h1-33,45-46,51H. The molecular formula is C53H36N2. The predicted octanol–water partition coefficient (Wildman–Crippen LogP) is 13.0. The van der Waals surface area contributed by atoms with Gasteiger partial charge >= 0.3 is 0 Å². The average Bonchev–Trinajstić information content (AvgIpc) is 4.02. The van der Waals surface area contributed by atoms with E-state index in [1.54, 1.807) is 0 Å². The summed E-state index contributed by atoms with van der Waals surface area (Å²) in [5.41, 5.74) is 13.8. The summed E-state index contributed by atoms with van der Waals surface area (Å²) in [5.74, 6) is 2.38. The van der Waals surface area contributed by atoms with E-state index in [4.69, 9.17) is 0 Å². The zero-order valence-electron chi connectivity index (χ0n) is 30.2. The monoisotopic (exact) mass is 700 g/mol. The molecule has 1 spiro atoms. The Bertz CT molecular complexity index is 3140. The maximum atomic E-state index is 2.55. The van der Waals surface area contributed by atoms with Crippen molar-refractivity contribution in [1.82, 2.24) is 9.13 Å². The van der Waals surface area contributed by atoms with Crippen molar-refractivity contribution in [2.24, 2.45) is 23.2 Å². The van der Waals surface area contributed by atoms with E-state index in [-0.39, 0.29) is 5.41 Å². The van der Waals surface area contributed by atoms with E-state index in [1.165, 1.54) is 82.8 Å². The van der Waals surface area contributed by atoms with Crippen LogP contribution in [0, 0.1) is 23.2 Å². The van der Waals surface area contributed by atoms with Gasteiger partial charge in [0, 0.05) is 43.7 Å². The average molecular weight is 701 g/mol. The van der Waals surface area contributed by atoms with E-state index in [0.29, 0.717) is 5.41 Å². The molecule has 55 heavy (non-hydrogen) atoms. The normalized spacial score (nSPS) is 24.1. The molecule has 0 N–H and O–H groups in total. The molecule has 2 bridgehead atoms. The van der Waals surface area contributed by atoms with Gasteiger partial charge in [0.15, 0.2) is 0 Å². The maximum Gasteiger partial charge on any atom is 0.0541 e. The topological polar surface area (TPSA) is 9.86 Å². The smallest absolute Gasteiger partial charge is 0.0541 e. The molecule has 2 atom stereocenters. The van der Waals surface area contributed by atoms with Gasteiger partial charge in [0.1, 0.15) is 0 Å². The third kappa shape index (κ3) is 3.99. The number of benzene rings is 7. The van der Waals surface area contributed by atoms with Crippen LogP contribution in [0.4, 0.5) is 0 Å². The molecule has 7 aromatic carbocycles. The van der Waals surface area contributed by atoms with Gasteiger partial charge < -0.3 is 9.13 Å². The number of para-hydroxylation sites is 2. The van der Waals surface area contributed by atoms with Crippen LogP contribution in [-0.4, -0.2) is 9.13 Å². The van der Waals surface area contributed by atoms with Crippen LogP contribution in [0.3, 0.4) is 0 Å². The van der Waals surface area contributed by atoms with Gasteiger partial charge in [-0.05, 0) is 106 Å². The van der Waals surface area contributed by atoms with Crippen molar-refractivity contribution in [3.05, 3.63) is 206 Å². The first-order valence-corrected chi connectivity index (χ1v) is 19.6. The Balaban J connectivity index is 0.913. The molecule has 2 unspecified atom stereocenters. The van der Waals surface area contributed by atoms with Crippen LogP contribution in [0.2, 0.25) is 0 Å². The lowest BCUT2D eigenvalue weighted by Crippen LogP contribution is -2.18. The third-order valence-corrected chi connectivity index (χ3v) is 13.6. The van der Waals surface area contributed by atoms with Crippen LogP contribution >= 0.6 is 0 Å². The molecule has 0 amide bonds. The zero-order chi connectivity index (χ0) is 35.9. The summed E-state index contributed by atoms with van der Waals surface area (Å²) < 4.78 is 4.85. The quantitative estimate of drug-likeness (QED) is 0.158. The van der Waals surface area contributed by atoms with E-state index in [9.17, 15) is 0 Å². The summed E-state index contributed by atoms with van der Waals surface area (Å²) in [6, 6.07) is 60.5. The Morgan fingerprint density at radius 1 is 0.364 bits per heavy atom. The summed E-state index contributed by atoms with van der Waals surface area (Å²) in [6.07, 6.45) is 14.9. The first-order valence-electron chi connectivity index (χ1n) is 19.6. The lowest BCUT2D eigenvalue weighted by Gasteiger charge is -2.25. The number of aromatic nitrogens is 2. The zero-order valence-corrected chi connectivity index (χ0v) is 30.2. The third-order valence-electron chi connectivity index (χ3n) is 13.6. The Hall–Kier alpha value is -6.64. The SMILES string of the molecule is C1=CC2(c3ccc(-n4c5ccccc5c5cc(-c6ccc7c(c6)c6ccccc6n7-c6cccc(-c7ccccc7)c6)ccc54)cc3)C=CC3C4C1C34C=C2. The fourth-order valence-corrected chi connectivity index (χ4v) is 10.7. The fourth-order valence-electron chi connectivity index (χ4n) is 10.7. The largest absolute Gasteiger partial charge is 0.309 e. The number of fused-ring (bicyclic) bond motifs is 9. The number of allylic oxidation sites excluding steroid dienone is 6. The number of hydrogen-bond donors (Lipinski definition) is 0. The maximum absolute atomic E-state index is 2.55. The lowest BCUT2D eigenvalue weighted by atomic mass is 9.78. The molecule has 0 saturated heterocycles. The van der Waals surface area contributed by atoms with Crippen molar-refractivity contribution in [3.8, 4) is 33.6 Å². The number of nitrogens with zero attached hydrogens (tertiary/aromatic N) is 2. The van der Waals surface area contributed by atoms with E-state index >= 15 is 0 Å². The molecule has 2 aromatic heterocycles. The van der Waals surface area contributed by atoms with Gasteiger partial charge in [-0.15, -0.1) is 0 Å².